The van der Waals surface area contributed by atoms with Crippen molar-refractivity contribution in [2.45, 2.75) is 25.7 Å². The number of Topliss-reactive ketones (excluding diaryl/α,β-unsaturated/α-hetero) is 1. The van der Waals surface area contributed by atoms with Gasteiger partial charge < -0.3 is 0 Å². The maximum absolute atomic E-state index is 12.4. The van der Waals surface area contributed by atoms with E-state index in [1.165, 1.54) is 6.42 Å². The van der Waals surface area contributed by atoms with E-state index in [9.17, 15) is 9.59 Å². The highest BCUT2D eigenvalue weighted by Gasteiger charge is 2.23. The predicted octanol–water partition coefficient (Wildman–Crippen LogP) is 3.01. The van der Waals surface area contributed by atoms with Gasteiger partial charge in [0.2, 0.25) is 0 Å². The lowest BCUT2D eigenvalue weighted by atomic mass is 9.81. The van der Waals surface area contributed by atoms with Crippen molar-refractivity contribution in [3.63, 3.8) is 0 Å². The zero-order valence-electron chi connectivity index (χ0n) is 11.6. The monoisotopic (exact) mass is 336 g/mol. The van der Waals surface area contributed by atoms with Crippen LogP contribution in [0, 0.1) is 5.92 Å². The Hall–Kier alpha value is -1.36. The van der Waals surface area contributed by atoms with Crippen LogP contribution in [-0.2, 0) is 14.1 Å². The minimum Gasteiger partial charge on any atom is -0.295 e. The Kier molecular flexibility index (Phi) is 3.32. The van der Waals surface area contributed by atoms with Gasteiger partial charge >= 0.3 is 5.69 Å². The summed E-state index contributed by atoms with van der Waals surface area (Å²) in [7, 11) is 3.48. The van der Waals surface area contributed by atoms with Crippen LogP contribution in [0.25, 0.3) is 11.0 Å². The lowest BCUT2D eigenvalue weighted by Gasteiger charge is -2.24. The molecule has 2 aromatic rings. The Bertz CT molecular complexity index is 753. The number of carbonyl (C=O) groups is 1. The third kappa shape index (κ3) is 2.04. The molecule has 0 unspecified atom stereocenters. The van der Waals surface area contributed by atoms with E-state index in [0.29, 0.717) is 17.9 Å². The summed E-state index contributed by atoms with van der Waals surface area (Å²) >= 11 is 3.47. The highest BCUT2D eigenvalue weighted by molar-refractivity contribution is 9.10. The molecule has 0 radical (unpaired) electrons. The fourth-order valence-corrected chi connectivity index (χ4v) is 3.35. The Morgan fingerprint density at radius 2 is 1.85 bits per heavy atom. The summed E-state index contributed by atoms with van der Waals surface area (Å²) in [5.41, 5.74) is 2.25. The zero-order valence-corrected chi connectivity index (χ0v) is 13.2. The largest absolute Gasteiger partial charge is 0.328 e. The van der Waals surface area contributed by atoms with Crippen LogP contribution in [-0.4, -0.2) is 14.9 Å². The minimum atomic E-state index is -0.0736. The Morgan fingerprint density at radius 3 is 2.40 bits per heavy atom. The van der Waals surface area contributed by atoms with E-state index in [4.69, 9.17) is 0 Å². The maximum Gasteiger partial charge on any atom is 0.328 e. The van der Waals surface area contributed by atoms with Gasteiger partial charge in [0.25, 0.3) is 0 Å². The van der Waals surface area contributed by atoms with Crippen molar-refractivity contribution in [1.82, 2.24) is 9.13 Å². The van der Waals surface area contributed by atoms with Crippen LogP contribution in [0.1, 0.15) is 36.0 Å². The molecule has 1 aromatic carbocycles. The predicted molar refractivity (Wildman–Crippen MR) is 82.1 cm³/mol. The van der Waals surface area contributed by atoms with Gasteiger partial charge in [-0.15, -0.1) is 0 Å². The number of fused-ring (bicyclic) bond motifs is 1. The molecule has 0 bridgehead atoms. The summed E-state index contributed by atoms with van der Waals surface area (Å²) in [6.45, 7) is 0. The van der Waals surface area contributed by atoms with Crippen molar-refractivity contribution < 1.29 is 4.79 Å². The van der Waals surface area contributed by atoms with E-state index in [1.807, 2.05) is 12.1 Å². The van der Waals surface area contributed by atoms with E-state index >= 15 is 0 Å². The summed E-state index contributed by atoms with van der Waals surface area (Å²) in [6.07, 6.45) is 4.18. The van der Waals surface area contributed by atoms with Crippen LogP contribution < -0.4 is 5.69 Å². The second-order valence-electron chi connectivity index (χ2n) is 5.65. The molecule has 0 saturated heterocycles. The highest BCUT2D eigenvalue weighted by Crippen LogP contribution is 2.32. The van der Waals surface area contributed by atoms with Crippen LogP contribution in [0.2, 0.25) is 0 Å². The molecule has 1 heterocycles. The van der Waals surface area contributed by atoms with E-state index < -0.39 is 0 Å². The minimum absolute atomic E-state index is 0.0736. The lowest BCUT2D eigenvalue weighted by molar-refractivity contribution is 0.0936. The number of aryl methyl sites for hydroxylation is 2. The zero-order chi connectivity index (χ0) is 14.4. The number of nitrogens with zero attached hydrogens (tertiary/aromatic N) is 2. The second kappa shape index (κ2) is 4.88. The van der Waals surface area contributed by atoms with E-state index in [2.05, 4.69) is 15.9 Å². The SMILES string of the molecule is Cn1c(=O)n(C)c2cc(C(=O)CC3CCC3)c(Br)cc21. The molecule has 20 heavy (non-hydrogen) atoms. The molecule has 0 N–H and O–H groups in total. The Balaban J connectivity index is 2.07. The van der Waals surface area contributed by atoms with E-state index in [0.717, 1.165) is 28.3 Å². The number of hydrogen-bond donors (Lipinski definition) is 0. The summed E-state index contributed by atoms with van der Waals surface area (Å²) in [6, 6.07) is 3.70. The molecule has 0 atom stereocenters. The molecule has 5 heteroatoms. The number of benzene rings is 1. The summed E-state index contributed by atoms with van der Waals surface area (Å²) in [4.78, 5) is 24.3. The first-order valence-corrected chi connectivity index (χ1v) is 7.66. The van der Waals surface area contributed by atoms with Gasteiger partial charge in [-0.1, -0.05) is 19.3 Å². The van der Waals surface area contributed by atoms with Gasteiger partial charge in [-0.25, -0.2) is 4.79 Å². The van der Waals surface area contributed by atoms with Gasteiger partial charge in [0.1, 0.15) is 0 Å². The van der Waals surface area contributed by atoms with Gasteiger partial charge in [-0.3, -0.25) is 13.9 Å². The molecule has 0 amide bonds. The Labute approximate surface area is 125 Å². The molecule has 0 spiro atoms. The summed E-state index contributed by atoms with van der Waals surface area (Å²) in [5.74, 6) is 0.712. The van der Waals surface area contributed by atoms with Crippen LogP contribution >= 0.6 is 15.9 Å². The molecule has 0 aliphatic heterocycles. The number of imidazole rings is 1. The van der Waals surface area contributed by atoms with Crippen molar-refractivity contribution in [2.24, 2.45) is 20.0 Å². The molecular weight excluding hydrogens is 320 g/mol. The molecule has 3 rings (SSSR count). The van der Waals surface area contributed by atoms with Crippen molar-refractivity contribution in [3.05, 3.63) is 32.7 Å². The number of rotatable bonds is 3. The van der Waals surface area contributed by atoms with Gasteiger partial charge in [0.05, 0.1) is 11.0 Å². The maximum atomic E-state index is 12.4. The number of aromatic nitrogens is 2. The average molecular weight is 337 g/mol. The fraction of sp³-hybridized carbons (Fsp3) is 0.467. The molecule has 1 aliphatic carbocycles. The molecule has 1 aromatic heterocycles. The first-order valence-electron chi connectivity index (χ1n) is 6.87. The van der Waals surface area contributed by atoms with Gasteiger partial charge in [0, 0.05) is 30.6 Å². The third-order valence-corrected chi connectivity index (χ3v) is 5.02. The van der Waals surface area contributed by atoms with Crippen molar-refractivity contribution >= 4 is 32.7 Å². The fourth-order valence-electron chi connectivity index (χ4n) is 2.80. The number of hydrogen-bond acceptors (Lipinski definition) is 2. The summed E-state index contributed by atoms with van der Waals surface area (Å²) in [5, 5.41) is 0. The van der Waals surface area contributed by atoms with Crippen LogP contribution in [0.4, 0.5) is 0 Å². The smallest absolute Gasteiger partial charge is 0.295 e. The van der Waals surface area contributed by atoms with Gasteiger partial charge in [0.15, 0.2) is 5.78 Å². The molecule has 1 fully saturated rings. The molecular formula is C15H17BrN2O2. The van der Waals surface area contributed by atoms with Crippen molar-refractivity contribution in [2.75, 3.05) is 0 Å². The first-order chi connectivity index (χ1) is 9.49. The van der Waals surface area contributed by atoms with Crippen LogP contribution in [0.15, 0.2) is 21.4 Å². The standard InChI is InChI=1S/C15H17BrN2O2/c1-17-12-7-10(14(19)6-9-4-3-5-9)11(16)8-13(12)18(2)15(17)20/h7-9H,3-6H2,1-2H3. The number of halogens is 1. The van der Waals surface area contributed by atoms with Crippen LogP contribution in [0.5, 0.6) is 0 Å². The summed E-state index contributed by atoms with van der Waals surface area (Å²) < 4.78 is 3.96. The highest BCUT2D eigenvalue weighted by atomic mass is 79.9. The van der Waals surface area contributed by atoms with Gasteiger partial charge in [-0.2, -0.15) is 0 Å². The van der Waals surface area contributed by atoms with Gasteiger partial charge in [-0.05, 0) is 34.0 Å². The lowest BCUT2D eigenvalue weighted by Crippen LogP contribution is -2.19. The third-order valence-electron chi connectivity index (χ3n) is 4.36. The Morgan fingerprint density at radius 1 is 1.25 bits per heavy atom. The molecule has 1 saturated carbocycles. The number of ketones is 1. The van der Waals surface area contributed by atoms with E-state index in [1.54, 1.807) is 23.2 Å². The second-order valence-corrected chi connectivity index (χ2v) is 6.50. The normalized spacial score (nSPS) is 15.6. The van der Waals surface area contributed by atoms with Crippen molar-refractivity contribution in [3.8, 4) is 0 Å². The van der Waals surface area contributed by atoms with E-state index in [-0.39, 0.29) is 11.5 Å². The first kappa shape index (κ1) is 13.6. The van der Waals surface area contributed by atoms with Crippen LogP contribution in [0.3, 0.4) is 0 Å². The quantitative estimate of drug-likeness (QED) is 0.808. The molecule has 4 nitrogen and oxygen atoms in total. The topological polar surface area (TPSA) is 44.0 Å². The average Bonchev–Trinajstić information content (AvgIpc) is 2.58. The van der Waals surface area contributed by atoms with Crippen molar-refractivity contribution in [1.29, 1.82) is 0 Å². The molecule has 106 valence electrons. The molecule has 1 aliphatic rings. The number of carbonyl (C=O) groups excluding carboxylic acids is 1.